The molecule has 0 aromatic heterocycles. The van der Waals surface area contributed by atoms with Crippen LogP contribution in [0.2, 0.25) is 0 Å². The molecule has 0 aliphatic carbocycles. The summed E-state index contributed by atoms with van der Waals surface area (Å²) in [5.74, 6) is -0.0697. The molecule has 0 atom stereocenters. The van der Waals surface area contributed by atoms with E-state index in [1.165, 1.54) is 0 Å². The lowest BCUT2D eigenvalue weighted by atomic mass is 9.77. The van der Waals surface area contributed by atoms with Crippen molar-refractivity contribution in [1.82, 2.24) is 0 Å². The molecule has 17 heavy (non-hydrogen) atoms. The van der Waals surface area contributed by atoms with Crippen LogP contribution in [-0.4, -0.2) is 37.5 Å². The second-order valence-corrected chi connectivity index (χ2v) is 5.24. The average molecular weight is 244 g/mol. The van der Waals surface area contributed by atoms with Gasteiger partial charge in [0.15, 0.2) is 0 Å². The van der Waals surface area contributed by atoms with E-state index < -0.39 is 11.4 Å². The maximum absolute atomic E-state index is 11.3. The normalized spacial score (nSPS) is 19.5. The van der Waals surface area contributed by atoms with E-state index in [4.69, 9.17) is 9.47 Å². The van der Waals surface area contributed by atoms with Crippen molar-refractivity contribution in [3.8, 4) is 0 Å². The van der Waals surface area contributed by atoms with Gasteiger partial charge >= 0.3 is 5.97 Å². The van der Waals surface area contributed by atoms with Crippen molar-refractivity contribution in [3.63, 3.8) is 0 Å². The third-order valence-corrected chi connectivity index (χ3v) is 3.47. The topological polar surface area (TPSA) is 55.8 Å². The number of hydrogen-bond acceptors (Lipinski definition) is 3. The largest absolute Gasteiger partial charge is 0.481 e. The van der Waals surface area contributed by atoms with E-state index in [0.29, 0.717) is 45.0 Å². The van der Waals surface area contributed by atoms with Gasteiger partial charge in [-0.25, -0.2) is 0 Å². The van der Waals surface area contributed by atoms with E-state index in [2.05, 4.69) is 13.8 Å². The smallest absolute Gasteiger partial charge is 0.309 e. The summed E-state index contributed by atoms with van der Waals surface area (Å²) in [5.41, 5.74) is -0.615. The van der Waals surface area contributed by atoms with Gasteiger partial charge in [-0.15, -0.1) is 0 Å². The fraction of sp³-hybridized carbons (Fsp3) is 0.923. The Bertz CT molecular complexity index is 232. The van der Waals surface area contributed by atoms with Crippen LogP contribution in [0.3, 0.4) is 0 Å². The van der Waals surface area contributed by atoms with E-state index in [9.17, 15) is 9.90 Å². The number of carboxylic acid groups (broad SMARTS) is 1. The lowest BCUT2D eigenvalue weighted by Gasteiger charge is -2.32. The summed E-state index contributed by atoms with van der Waals surface area (Å²) in [6, 6.07) is 0. The number of hydrogen-bond donors (Lipinski definition) is 1. The second-order valence-electron chi connectivity index (χ2n) is 5.24. The zero-order valence-corrected chi connectivity index (χ0v) is 10.9. The van der Waals surface area contributed by atoms with E-state index in [0.717, 1.165) is 13.0 Å². The summed E-state index contributed by atoms with van der Waals surface area (Å²) in [6.45, 7) is 6.68. The Morgan fingerprint density at radius 2 is 2.00 bits per heavy atom. The highest BCUT2D eigenvalue weighted by molar-refractivity contribution is 5.74. The van der Waals surface area contributed by atoms with Gasteiger partial charge in [-0.2, -0.15) is 0 Å². The van der Waals surface area contributed by atoms with Crippen molar-refractivity contribution >= 4 is 5.97 Å². The first-order valence-electron chi connectivity index (χ1n) is 6.46. The third kappa shape index (κ3) is 4.64. The van der Waals surface area contributed by atoms with Crippen LogP contribution in [0.1, 0.15) is 39.5 Å². The molecule has 1 N–H and O–H groups in total. The fourth-order valence-corrected chi connectivity index (χ4v) is 2.02. The Balaban J connectivity index is 2.27. The molecule has 0 aromatic carbocycles. The Hall–Kier alpha value is -0.610. The van der Waals surface area contributed by atoms with Gasteiger partial charge in [0.05, 0.1) is 5.41 Å². The van der Waals surface area contributed by atoms with Gasteiger partial charge in [0.1, 0.15) is 0 Å². The van der Waals surface area contributed by atoms with Crippen molar-refractivity contribution in [2.75, 3.05) is 26.4 Å². The monoisotopic (exact) mass is 244 g/mol. The Labute approximate surface area is 103 Å². The van der Waals surface area contributed by atoms with Crippen LogP contribution in [0.4, 0.5) is 0 Å². The summed E-state index contributed by atoms with van der Waals surface area (Å²) in [7, 11) is 0. The molecule has 1 fully saturated rings. The first-order chi connectivity index (χ1) is 8.07. The molecular formula is C13H24O4. The Morgan fingerprint density at radius 3 is 2.53 bits per heavy atom. The van der Waals surface area contributed by atoms with Crippen LogP contribution < -0.4 is 0 Å². The van der Waals surface area contributed by atoms with Gasteiger partial charge in [0.2, 0.25) is 0 Å². The molecule has 1 heterocycles. The lowest BCUT2D eigenvalue weighted by Crippen LogP contribution is -2.38. The molecule has 0 bridgehead atoms. The number of rotatable bonds is 7. The molecule has 4 nitrogen and oxygen atoms in total. The Morgan fingerprint density at radius 1 is 1.35 bits per heavy atom. The number of carboxylic acids is 1. The van der Waals surface area contributed by atoms with Gasteiger partial charge < -0.3 is 14.6 Å². The van der Waals surface area contributed by atoms with E-state index in [1.807, 2.05) is 0 Å². The minimum Gasteiger partial charge on any atom is -0.481 e. The zero-order chi connectivity index (χ0) is 12.7. The van der Waals surface area contributed by atoms with Gasteiger partial charge in [0.25, 0.3) is 0 Å². The van der Waals surface area contributed by atoms with Gasteiger partial charge in [-0.3, -0.25) is 4.79 Å². The van der Waals surface area contributed by atoms with Crippen LogP contribution in [0, 0.1) is 11.3 Å². The van der Waals surface area contributed by atoms with Crippen LogP contribution in [-0.2, 0) is 14.3 Å². The SMILES string of the molecule is CC(C)CCOCCC1(C(=O)O)CCOCC1. The lowest BCUT2D eigenvalue weighted by molar-refractivity contribution is -0.156. The van der Waals surface area contributed by atoms with Crippen LogP contribution in [0.15, 0.2) is 0 Å². The molecule has 1 saturated heterocycles. The molecule has 4 heteroatoms. The maximum atomic E-state index is 11.3. The average Bonchev–Trinajstić information content (AvgIpc) is 2.29. The molecule has 0 aromatic rings. The highest BCUT2D eigenvalue weighted by Crippen LogP contribution is 2.34. The van der Waals surface area contributed by atoms with Crippen molar-refractivity contribution in [2.24, 2.45) is 11.3 Å². The fourth-order valence-electron chi connectivity index (χ4n) is 2.02. The van der Waals surface area contributed by atoms with E-state index in [1.54, 1.807) is 0 Å². The summed E-state index contributed by atoms with van der Waals surface area (Å²) in [6.07, 6.45) is 2.85. The minimum atomic E-state index is -0.701. The first-order valence-corrected chi connectivity index (χ1v) is 6.46. The number of carbonyl (C=O) groups is 1. The molecule has 0 unspecified atom stereocenters. The zero-order valence-electron chi connectivity index (χ0n) is 10.9. The molecular weight excluding hydrogens is 220 g/mol. The standard InChI is InChI=1S/C13H24O4/c1-11(2)3-7-16-8-4-13(12(14)15)5-9-17-10-6-13/h11H,3-10H2,1-2H3,(H,14,15). The van der Waals surface area contributed by atoms with Gasteiger partial charge in [-0.1, -0.05) is 13.8 Å². The predicted octanol–water partition coefficient (Wildman–Crippen LogP) is 2.32. The van der Waals surface area contributed by atoms with Gasteiger partial charge in [0, 0.05) is 26.4 Å². The van der Waals surface area contributed by atoms with E-state index >= 15 is 0 Å². The highest BCUT2D eigenvalue weighted by Gasteiger charge is 2.39. The molecule has 0 spiro atoms. The van der Waals surface area contributed by atoms with Crippen LogP contribution >= 0.6 is 0 Å². The number of ether oxygens (including phenoxy) is 2. The molecule has 0 radical (unpaired) electrons. The van der Waals surface area contributed by atoms with Crippen molar-refractivity contribution in [2.45, 2.75) is 39.5 Å². The highest BCUT2D eigenvalue weighted by atomic mass is 16.5. The molecule has 1 rings (SSSR count). The third-order valence-electron chi connectivity index (χ3n) is 3.47. The first kappa shape index (κ1) is 14.5. The van der Waals surface area contributed by atoms with E-state index in [-0.39, 0.29) is 0 Å². The Kier molecular flexibility index (Phi) is 5.92. The van der Waals surface area contributed by atoms with Crippen LogP contribution in [0.5, 0.6) is 0 Å². The minimum absolute atomic E-state index is 0.541. The van der Waals surface area contributed by atoms with Gasteiger partial charge in [-0.05, 0) is 31.6 Å². The molecule has 1 aliphatic rings. The molecule has 100 valence electrons. The second kappa shape index (κ2) is 6.97. The van der Waals surface area contributed by atoms with Crippen LogP contribution in [0.25, 0.3) is 0 Å². The maximum Gasteiger partial charge on any atom is 0.309 e. The summed E-state index contributed by atoms with van der Waals surface area (Å²) in [4.78, 5) is 11.3. The quantitative estimate of drug-likeness (QED) is 0.698. The van der Waals surface area contributed by atoms with Crippen molar-refractivity contribution < 1.29 is 19.4 Å². The summed E-state index contributed by atoms with van der Waals surface area (Å²) in [5, 5.41) is 9.32. The summed E-state index contributed by atoms with van der Waals surface area (Å²) < 4.78 is 10.7. The predicted molar refractivity (Wildman–Crippen MR) is 65.0 cm³/mol. The van der Waals surface area contributed by atoms with Crippen molar-refractivity contribution in [1.29, 1.82) is 0 Å². The molecule has 1 aliphatic heterocycles. The number of aliphatic carboxylic acids is 1. The van der Waals surface area contributed by atoms with Crippen molar-refractivity contribution in [3.05, 3.63) is 0 Å². The molecule has 0 saturated carbocycles. The molecule has 0 amide bonds. The summed E-state index contributed by atoms with van der Waals surface area (Å²) >= 11 is 0.